The van der Waals surface area contributed by atoms with Crippen LogP contribution in [0, 0.1) is 0 Å². The molecule has 1 fully saturated rings. The van der Waals surface area contributed by atoms with Crippen molar-refractivity contribution in [1.82, 2.24) is 5.32 Å². The zero-order valence-corrected chi connectivity index (χ0v) is 10.4. The van der Waals surface area contributed by atoms with Crippen LogP contribution in [0.5, 0.6) is 5.75 Å². The number of piperidine rings is 1. The second kappa shape index (κ2) is 5.32. The minimum absolute atomic E-state index is 0.171. The van der Waals surface area contributed by atoms with Gasteiger partial charge >= 0.3 is 0 Å². The molecule has 17 heavy (non-hydrogen) atoms. The van der Waals surface area contributed by atoms with Gasteiger partial charge in [0.1, 0.15) is 11.5 Å². The maximum Gasteiger partial charge on any atom is 0.136 e. The van der Waals surface area contributed by atoms with Gasteiger partial charge in [-0.25, -0.2) is 0 Å². The number of ketones is 1. The van der Waals surface area contributed by atoms with Crippen LogP contribution in [0.1, 0.15) is 38.3 Å². The fraction of sp³-hybridized carbons (Fsp3) is 0.500. The molecule has 0 radical (unpaired) electrons. The fourth-order valence-electron chi connectivity index (χ4n) is 2.07. The molecule has 0 bridgehead atoms. The lowest BCUT2D eigenvalue weighted by atomic mass is 9.97. The molecular formula is C14H19NO2. The Morgan fingerprint density at radius 3 is 2.59 bits per heavy atom. The van der Waals surface area contributed by atoms with Gasteiger partial charge in [0.2, 0.25) is 0 Å². The van der Waals surface area contributed by atoms with E-state index in [1.165, 1.54) is 0 Å². The van der Waals surface area contributed by atoms with Gasteiger partial charge in [-0.15, -0.1) is 0 Å². The highest BCUT2D eigenvalue weighted by Crippen LogP contribution is 2.23. The fourth-order valence-corrected chi connectivity index (χ4v) is 2.07. The van der Waals surface area contributed by atoms with Gasteiger partial charge in [-0.1, -0.05) is 12.1 Å². The molecule has 1 aromatic rings. The van der Waals surface area contributed by atoms with E-state index in [2.05, 4.69) is 5.32 Å². The monoisotopic (exact) mass is 233 g/mol. The molecule has 1 saturated heterocycles. The maximum absolute atomic E-state index is 11.4. The Morgan fingerprint density at radius 1 is 1.29 bits per heavy atom. The zero-order valence-electron chi connectivity index (χ0n) is 10.4. The van der Waals surface area contributed by atoms with E-state index >= 15 is 0 Å². The highest BCUT2D eigenvalue weighted by molar-refractivity contribution is 5.80. The van der Waals surface area contributed by atoms with Crippen LogP contribution in [0.25, 0.3) is 0 Å². The summed E-state index contributed by atoms with van der Waals surface area (Å²) in [6.07, 6.45) is 1.45. The Hall–Kier alpha value is -1.35. The SMILES string of the molecule is CC(C)Oc1ccc(C2CC(=O)CCN2)cc1. The molecule has 1 unspecified atom stereocenters. The summed E-state index contributed by atoms with van der Waals surface area (Å²) in [6.45, 7) is 4.80. The first-order valence-electron chi connectivity index (χ1n) is 6.17. The number of hydrogen-bond donors (Lipinski definition) is 1. The molecule has 0 aliphatic carbocycles. The number of carbonyl (C=O) groups excluding carboxylic acids is 1. The third-order valence-corrected chi connectivity index (χ3v) is 2.88. The van der Waals surface area contributed by atoms with Crippen LogP contribution >= 0.6 is 0 Å². The van der Waals surface area contributed by atoms with Crippen molar-refractivity contribution in [1.29, 1.82) is 0 Å². The van der Waals surface area contributed by atoms with E-state index in [0.717, 1.165) is 17.9 Å². The first-order valence-corrected chi connectivity index (χ1v) is 6.17. The van der Waals surface area contributed by atoms with E-state index in [4.69, 9.17) is 4.74 Å². The van der Waals surface area contributed by atoms with Crippen molar-refractivity contribution in [2.24, 2.45) is 0 Å². The summed E-state index contributed by atoms with van der Waals surface area (Å²) in [5.41, 5.74) is 1.16. The minimum atomic E-state index is 0.171. The summed E-state index contributed by atoms with van der Waals surface area (Å²) < 4.78 is 5.59. The van der Waals surface area contributed by atoms with Crippen molar-refractivity contribution in [2.75, 3.05) is 6.54 Å². The normalized spacial score (nSPS) is 20.6. The van der Waals surface area contributed by atoms with E-state index in [9.17, 15) is 4.79 Å². The van der Waals surface area contributed by atoms with E-state index in [1.807, 2.05) is 38.1 Å². The van der Waals surface area contributed by atoms with Crippen molar-refractivity contribution < 1.29 is 9.53 Å². The van der Waals surface area contributed by atoms with E-state index in [0.29, 0.717) is 18.6 Å². The summed E-state index contributed by atoms with van der Waals surface area (Å²) in [5, 5.41) is 3.36. The number of hydrogen-bond acceptors (Lipinski definition) is 3. The van der Waals surface area contributed by atoms with Crippen LogP contribution in [0.3, 0.4) is 0 Å². The molecule has 2 rings (SSSR count). The van der Waals surface area contributed by atoms with Crippen LogP contribution < -0.4 is 10.1 Å². The van der Waals surface area contributed by atoms with Crippen LogP contribution in [0.4, 0.5) is 0 Å². The number of carbonyl (C=O) groups is 1. The highest BCUT2D eigenvalue weighted by atomic mass is 16.5. The van der Waals surface area contributed by atoms with Crippen molar-refractivity contribution in [2.45, 2.75) is 38.8 Å². The molecule has 3 nitrogen and oxygen atoms in total. The largest absolute Gasteiger partial charge is 0.491 e. The van der Waals surface area contributed by atoms with Gasteiger partial charge in [0.25, 0.3) is 0 Å². The molecule has 0 amide bonds. The van der Waals surface area contributed by atoms with E-state index < -0.39 is 0 Å². The molecule has 3 heteroatoms. The predicted octanol–water partition coefficient (Wildman–Crippen LogP) is 2.47. The van der Waals surface area contributed by atoms with Gasteiger partial charge in [-0.2, -0.15) is 0 Å². The van der Waals surface area contributed by atoms with Gasteiger partial charge in [-0.3, -0.25) is 4.79 Å². The minimum Gasteiger partial charge on any atom is -0.491 e. The quantitative estimate of drug-likeness (QED) is 0.871. The number of nitrogens with one attached hydrogen (secondary N) is 1. The lowest BCUT2D eigenvalue weighted by Crippen LogP contribution is -2.31. The van der Waals surface area contributed by atoms with Crippen molar-refractivity contribution in [3.05, 3.63) is 29.8 Å². The molecule has 1 atom stereocenters. The summed E-state index contributed by atoms with van der Waals surface area (Å²) in [7, 11) is 0. The Kier molecular flexibility index (Phi) is 3.79. The first kappa shape index (κ1) is 12.1. The van der Waals surface area contributed by atoms with Crippen molar-refractivity contribution in [3.63, 3.8) is 0 Å². The van der Waals surface area contributed by atoms with E-state index in [-0.39, 0.29) is 12.1 Å². The van der Waals surface area contributed by atoms with Crippen LogP contribution in [-0.2, 0) is 4.79 Å². The molecule has 1 aliphatic heterocycles. The molecule has 0 aromatic heterocycles. The van der Waals surface area contributed by atoms with Gasteiger partial charge in [0.05, 0.1) is 6.10 Å². The number of ether oxygens (including phenoxy) is 1. The third kappa shape index (κ3) is 3.30. The summed E-state index contributed by atoms with van der Waals surface area (Å²) in [4.78, 5) is 11.4. The second-order valence-electron chi connectivity index (χ2n) is 4.74. The van der Waals surface area contributed by atoms with Crippen LogP contribution in [0.2, 0.25) is 0 Å². The lowest BCUT2D eigenvalue weighted by Gasteiger charge is -2.23. The van der Waals surface area contributed by atoms with Crippen molar-refractivity contribution in [3.8, 4) is 5.75 Å². The van der Waals surface area contributed by atoms with Gasteiger partial charge < -0.3 is 10.1 Å². The molecule has 0 spiro atoms. The molecule has 1 N–H and O–H groups in total. The lowest BCUT2D eigenvalue weighted by molar-refractivity contribution is -0.120. The zero-order chi connectivity index (χ0) is 12.3. The maximum atomic E-state index is 11.4. The summed E-state index contributed by atoms with van der Waals surface area (Å²) >= 11 is 0. The second-order valence-corrected chi connectivity index (χ2v) is 4.74. The predicted molar refractivity (Wildman–Crippen MR) is 67.2 cm³/mol. The van der Waals surface area contributed by atoms with Crippen molar-refractivity contribution >= 4 is 5.78 Å². The smallest absolute Gasteiger partial charge is 0.136 e. The molecular weight excluding hydrogens is 214 g/mol. The molecule has 1 heterocycles. The topological polar surface area (TPSA) is 38.3 Å². The molecule has 1 aliphatic rings. The third-order valence-electron chi connectivity index (χ3n) is 2.88. The Labute approximate surface area is 102 Å². The average Bonchev–Trinajstić information content (AvgIpc) is 2.29. The van der Waals surface area contributed by atoms with Gasteiger partial charge in [0, 0.05) is 25.4 Å². The Morgan fingerprint density at radius 2 is 2.00 bits per heavy atom. The van der Waals surface area contributed by atoms with Crippen LogP contribution in [-0.4, -0.2) is 18.4 Å². The van der Waals surface area contributed by atoms with Gasteiger partial charge in [-0.05, 0) is 31.5 Å². The summed E-state index contributed by atoms with van der Waals surface area (Å²) in [6, 6.07) is 8.18. The highest BCUT2D eigenvalue weighted by Gasteiger charge is 2.19. The average molecular weight is 233 g/mol. The summed E-state index contributed by atoms with van der Waals surface area (Å²) in [5.74, 6) is 1.22. The Bertz CT molecular complexity index is 384. The number of rotatable bonds is 3. The number of benzene rings is 1. The van der Waals surface area contributed by atoms with Gasteiger partial charge in [0.15, 0.2) is 0 Å². The standard InChI is InChI=1S/C14H19NO2/c1-10(2)17-13-5-3-11(4-6-13)14-9-12(16)7-8-15-14/h3-6,10,14-15H,7-9H2,1-2H3. The van der Waals surface area contributed by atoms with E-state index in [1.54, 1.807) is 0 Å². The molecule has 1 aromatic carbocycles. The first-order chi connectivity index (χ1) is 8.15. The Balaban J connectivity index is 2.04. The number of Topliss-reactive ketones (excluding diaryl/α,β-unsaturated/α-hetero) is 1. The van der Waals surface area contributed by atoms with Crippen LogP contribution in [0.15, 0.2) is 24.3 Å². The molecule has 92 valence electrons. The molecule has 0 saturated carbocycles.